The second-order valence-corrected chi connectivity index (χ2v) is 5.72. The molecule has 0 N–H and O–H groups in total. The summed E-state index contributed by atoms with van der Waals surface area (Å²) >= 11 is 0. The Kier molecular flexibility index (Phi) is 3.40. The summed E-state index contributed by atoms with van der Waals surface area (Å²) < 4.78 is 11.6. The number of rotatable bonds is 3. The molecule has 2 aliphatic rings. The maximum Gasteiger partial charge on any atom is 0.126 e. The first kappa shape index (κ1) is 12.8. The van der Waals surface area contributed by atoms with Crippen LogP contribution in [-0.2, 0) is 6.42 Å². The van der Waals surface area contributed by atoms with E-state index >= 15 is 0 Å². The summed E-state index contributed by atoms with van der Waals surface area (Å²) in [5, 5.41) is 0. The Labute approximate surface area is 115 Å². The lowest BCUT2D eigenvalue weighted by molar-refractivity contribution is 0.0595. The second kappa shape index (κ2) is 5.04. The molecular formula is C16H23NO2. The van der Waals surface area contributed by atoms with Crippen LogP contribution in [0.4, 0.5) is 0 Å². The van der Waals surface area contributed by atoms with E-state index in [0.29, 0.717) is 0 Å². The van der Waals surface area contributed by atoms with Crippen molar-refractivity contribution in [1.29, 1.82) is 0 Å². The zero-order valence-electron chi connectivity index (χ0n) is 11.9. The van der Waals surface area contributed by atoms with Crippen molar-refractivity contribution in [3.05, 3.63) is 23.8 Å². The molecule has 3 heteroatoms. The van der Waals surface area contributed by atoms with E-state index in [9.17, 15) is 0 Å². The zero-order chi connectivity index (χ0) is 13.3. The average molecular weight is 261 g/mol. The molecule has 0 saturated carbocycles. The maximum atomic E-state index is 6.06. The first-order valence-corrected chi connectivity index (χ1v) is 7.33. The largest absolute Gasteiger partial charge is 0.496 e. The fourth-order valence-corrected chi connectivity index (χ4v) is 3.62. The van der Waals surface area contributed by atoms with Gasteiger partial charge in [0.2, 0.25) is 0 Å². The molecule has 1 spiro atoms. The van der Waals surface area contributed by atoms with E-state index in [1.807, 2.05) is 12.1 Å². The van der Waals surface area contributed by atoms with Gasteiger partial charge in [-0.25, -0.2) is 0 Å². The molecule has 0 aromatic heterocycles. The minimum absolute atomic E-state index is 0.206. The summed E-state index contributed by atoms with van der Waals surface area (Å²) in [5.41, 5.74) is 1.46. The van der Waals surface area contributed by atoms with Gasteiger partial charge in [-0.15, -0.1) is 0 Å². The van der Waals surface area contributed by atoms with E-state index < -0.39 is 0 Å². The molecule has 1 saturated heterocycles. The Morgan fingerprint density at radius 2 is 2.32 bits per heavy atom. The van der Waals surface area contributed by atoms with E-state index in [4.69, 9.17) is 9.47 Å². The molecule has 0 amide bonds. The van der Waals surface area contributed by atoms with Crippen molar-refractivity contribution in [2.24, 2.45) is 0 Å². The van der Waals surface area contributed by atoms with Crippen LogP contribution in [0.1, 0.15) is 31.7 Å². The van der Waals surface area contributed by atoms with E-state index in [2.05, 4.69) is 17.9 Å². The van der Waals surface area contributed by atoms with Crippen LogP contribution in [0.3, 0.4) is 0 Å². The topological polar surface area (TPSA) is 21.7 Å². The highest BCUT2D eigenvalue weighted by Gasteiger charge is 2.44. The van der Waals surface area contributed by atoms with Crippen LogP contribution in [-0.4, -0.2) is 37.2 Å². The SMILES string of the molecule is CCCN1CCC[C@]12COc1cccc(OC)c1C2. The molecule has 0 aliphatic carbocycles. The quantitative estimate of drug-likeness (QED) is 0.835. The van der Waals surface area contributed by atoms with Crippen LogP contribution in [0.2, 0.25) is 0 Å². The Bertz CT molecular complexity index is 446. The summed E-state index contributed by atoms with van der Waals surface area (Å²) in [6.07, 6.45) is 4.80. The van der Waals surface area contributed by atoms with Gasteiger partial charge in [-0.05, 0) is 44.5 Å². The lowest BCUT2D eigenvalue weighted by Gasteiger charge is -2.42. The van der Waals surface area contributed by atoms with Crippen LogP contribution >= 0.6 is 0 Å². The van der Waals surface area contributed by atoms with Gasteiger partial charge >= 0.3 is 0 Å². The Hall–Kier alpha value is -1.22. The number of hydrogen-bond donors (Lipinski definition) is 0. The Morgan fingerprint density at radius 3 is 3.11 bits per heavy atom. The van der Waals surface area contributed by atoms with Gasteiger partial charge in [-0.3, -0.25) is 4.90 Å². The standard InChI is InChI=1S/C16H23NO2/c1-3-9-17-10-5-8-16(17)11-13-14(18-2)6-4-7-15(13)19-12-16/h4,6-7H,3,5,8-12H2,1-2H3/t16-/m0/s1. The van der Waals surface area contributed by atoms with Crippen molar-refractivity contribution < 1.29 is 9.47 Å². The van der Waals surface area contributed by atoms with Crippen molar-refractivity contribution in [2.75, 3.05) is 26.8 Å². The van der Waals surface area contributed by atoms with Gasteiger partial charge in [0, 0.05) is 12.0 Å². The summed E-state index contributed by atoms with van der Waals surface area (Å²) in [6.45, 7) is 5.47. The molecule has 104 valence electrons. The van der Waals surface area contributed by atoms with Crippen LogP contribution in [0, 0.1) is 0 Å². The third kappa shape index (κ3) is 2.10. The molecule has 0 bridgehead atoms. The molecule has 0 unspecified atom stereocenters. The summed E-state index contributed by atoms with van der Waals surface area (Å²) in [7, 11) is 1.75. The van der Waals surface area contributed by atoms with Crippen LogP contribution in [0.15, 0.2) is 18.2 Å². The smallest absolute Gasteiger partial charge is 0.126 e. The number of methoxy groups -OCH3 is 1. The number of nitrogens with zero attached hydrogens (tertiary/aromatic N) is 1. The summed E-state index contributed by atoms with van der Waals surface area (Å²) in [6, 6.07) is 6.11. The van der Waals surface area contributed by atoms with E-state index in [1.165, 1.54) is 37.9 Å². The maximum absolute atomic E-state index is 6.06. The lowest BCUT2D eigenvalue weighted by atomic mass is 9.86. The van der Waals surface area contributed by atoms with E-state index in [0.717, 1.165) is 24.5 Å². The third-order valence-corrected chi connectivity index (χ3v) is 4.55. The van der Waals surface area contributed by atoms with Crippen LogP contribution in [0.5, 0.6) is 11.5 Å². The zero-order valence-corrected chi connectivity index (χ0v) is 11.9. The van der Waals surface area contributed by atoms with Crippen molar-refractivity contribution in [3.63, 3.8) is 0 Å². The molecule has 0 radical (unpaired) electrons. The van der Waals surface area contributed by atoms with Crippen molar-refractivity contribution in [1.82, 2.24) is 4.90 Å². The monoisotopic (exact) mass is 261 g/mol. The molecule has 19 heavy (non-hydrogen) atoms. The predicted molar refractivity (Wildman–Crippen MR) is 76.0 cm³/mol. The number of likely N-dealkylation sites (tertiary alicyclic amines) is 1. The third-order valence-electron chi connectivity index (χ3n) is 4.55. The Balaban J connectivity index is 1.92. The van der Waals surface area contributed by atoms with Gasteiger partial charge in [0.15, 0.2) is 0 Å². The van der Waals surface area contributed by atoms with Gasteiger partial charge in [-0.2, -0.15) is 0 Å². The number of hydrogen-bond acceptors (Lipinski definition) is 3. The van der Waals surface area contributed by atoms with Gasteiger partial charge in [0.05, 0.1) is 12.6 Å². The first-order chi connectivity index (χ1) is 9.29. The minimum Gasteiger partial charge on any atom is -0.496 e. The fourth-order valence-electron chi connectivity index (χ4n) is 3.62. The molecule has 1 aromatic rings. The predicted octanol–water partition coefficient (Wildman–Crippen LogP) is 2.87. The van der Waals surface area contributed by atoms with E-state index in [-0.39, 0.29) is 5.54 Å². The normalized spacial score (nSPS) is 26.2. The number of fused-ring (bicyclic) bond motifs is 1. The Morgan fingerprint density at radius 1 is 1.42 bits per heavy atom. The number of benzene rings is 1. The lowest BCUT2D eigenvalue weighted by Crippen LogP contribution is -2.52. The highest BCUT2D eigenvalue weighted by Crippen LogP contribution is 2.42. The molecule has 1 aromatic carbocycles. The molecule has 1 fully saturated rings. The van der Waals surface area contributed by atoms with Gasteiger partial charge in [-0.1, -0.05) is 13.0 Å². The van der Waals surface area contributed by atoms with Crippen LogP contribution < -0.4 is 9.47 Å². The molecule has 1 atom stereocenters. The molecular weight excluding hydrogens is 238 g/mol. The fraction of sp³-hybridized carbons (Fsp3) is 0.625. The van der Waals surface area contributed by atoms with Crippen LogP contribution in [0.25, 0.3) is 0 Å². The van der Waals surface area contributed by atoms with Gasteiger partial charge in [0.1, 0.15) is 18.1 Å². The highest BCUT2D eigenvalue weighted by atomic mass is 16.5. The molecule has 2 heterocycles. The van der Waals surface area contributed by atoms with Crippen molar-refractivity contribution >= 4 is 0 Å². The molecule has 3 nitrogen and oxygen atoms in total. The van der Waals surface area contributed by atoms with Crippen molar-refractivity contribution in [3.8, 4) is 11.5 Å². The number of ether oxygens (including phenoxy) is 2. The van der Waals surface area contributed by atoms with E-state index in [1.54, 1.807) is 7.11 Å². The summed E-state index contributed by atoms with van der Waals surface area (Å²) in [5.74, 6) is 1.98. The van der Waals surface area contributed by atoms with Crippen molar-refractivity contribution in [2.45, 2.75) is 38.1 Å². The molecule has 3 rings (SSSR count). The average Bonchev–Trinajstić information content (AvgIpc) is 2.81. The summed E-state index contributed by atoms with van der Waals surface area (Å²) in [4.78, 5) is 2.63. The van der Waals surface area contributed by atoms with Gasteiger partial charge < -0.3 is 9.47 Å². The highest BCUT2D eigenvalue weighted by molar-refractivity contribution is 5.47. The van der Waals surface area contributed by atoms with Gasteiger partial charge in [0.25, 0.3) is 0 Å². The molecule has 2 aliphatic heterocycles. The first-order valence-electron chi connectivity index (χ1n) is 7.33. The minimum atomic E-state index is 0.206. The second-order valence-electron chi connectivity index (χ2n) is 5.72.